The summed E-state index contributed by atoms with van der Waals surface area (Å²) in [5.74, 6) is 0.212. The molecule has 0 aromatic heterocycles. The molecule has 66 valence electrons. The molecule has 0 heterocycles. The number of aliphatic hydroxyl groups is 1. The van der Waals surface area contributed by atoms with E-state index in [0.29, 0.717) is 10.2 Å². The van der Waals surface area contributed by atoms with Crippen molar-refractivity contribution in [2.75, 3.05) is 13.2 Å². The highest BCUT2D eigenvalue weighted by molar-refractivity contribution is 9.10. The molecule has 0 fully saturated rings. The molecule has 0 amide bonds. The Morgan fingerprint density at radius 1 is 1.50 bits per heavy atom. The van der Waals surface area contributed by atoms with Crippen LogP contribution < -0.4 is 4.74 Å². The molecule has 0 saturated heterocycles. The Morgan fingerprint density at radius 2 is 2.25 bits per heavy atom. The van der Waals surface area contributed by atoms with Crippen LogP contribution >= 0.6 is 15.9 Å². The molecule has 4 heteroatoms. The van der Waals surface area contributed by atoms with Crippen LogP contribution in [0.5, 0.6) is 5.75 Å². The predicted octanol–water partition coefficient (Wildman–Crippen LogP) is 1.96. The minimum atomic E-state index is -0.327. The van der Waals surface area contributed by atoms with Crippen LogP contribution in [0.25, 0.3) is 0 Å². The van der Waals surface area contributed by atoms with Gasteiger partial charge in [0, 0.05) is 0 Å². The van der Waals surface area contributed by atoms with Crippen LogP contribution in [0.3, 0.4) is 0 Å². The molecule has 0 saturated carbocycles. The highest BCUT2D eigenvalue weighted by Crippen LogP contribution is 2.21. The summed E-state index contributed by atoms with van der Waals surface area (Å²) in [6.07, 6.45) is 0. The first-order valence-electron chi connectivity index (χ1n) is 3.43. The third-order valence-corrected chi connectivity index (χ3v) is 1.86. The Balaban J connectivity index is 2.69. The van der Waals surface area contributed by atoms with Crippen LogP contribution in [0.15, 0.2) is 22.7 Å². The van der Waals surface area contributed by atoms with E-state index < -0.39 is 0 Å². The van der Waals surface area contributed by atoms with Gasteiger partial charge in [-0.25, -0.2) is 4.39 Å². The van der Waals surface area contributed by atoms with Gasteiger partial charge in [0.25, 0.3) is 0 Å². The van der Waals surface area contributed by atoms with Crippen molar-refractivity contribution in [1.29, 1.82) is 0 Å². The molecule has 0 spiro atoms. The quantitative estimate of drug-likeness (QED) is 0.867. The summed E-state index contributed by atoms with van der Waals surface area (Å²) in [4.78, 5) is 0. The Morgan fingerprint density at radius 3 is 2.83 bits per heavy atom. The molecule has 0 unspecified atom stereocenters. The normalized spacial score (nSPS) is 9.92. The van der Waals surface area contributed by atoms with Crippen molar-refractivity contribution < 1.29 is 14.2 Å². The van der Waals surface area contributed by atoms with E-state index in [1.165, 1.54) is 18.2 Å². The molecule has 0 aliphatic rings. The van der Waals surface area contributed by atoms with E-state index in [1.807, 2.05) is 0 Å². The van der Waals surface area contributed by atoms with Crippen LogP contribution in [0.1, 0.15) is 0 Å². The Kier molecular flexibility index (Phi) is 3.49. The second-order valence-corrected chi connectivity index (χ2v) is 3.00. The molecule has 1 aromatic rings. The first-order valence-corrected chi connectivity index (χ1v) is 4.22. The van der Waals surface area contributed by atoms with Crippen LogP contribution in [0, 0.1) is 5.82 Å². The number of halogens is 2. The van der Waals surface area contributed by atoms with E-state index in [2.05, 4.69) is 15.9 Å². The summed E-state index contributed by atoms with van der Waals surface area (Å²) >= 11 is 3.02. The van der Waals surface area contributed by atoms with Gasteiger partial charge < -0.3 is 9.84 Å². The first kappa shape index (κ1) is 9.48. The van der Waals surface area contributed by atoms with Gasteiger partial charge in [0.1, 0.15) is 18.2 Å². The summed E-state index contributed by atoms with van der Waals surface area (Å²) in [7, 11) is 0. The number of benzene rings is 1. The maximum atomic E-state index is 12.7. The molecule has 0 aliphatic heterocycles. The van der Waals surface area contributed by atoms with Crippen molar-refractivity contribution in [3.8, 4) is 5.75 Å². The smallest absolute Gasteiger partial charge is 0.137 e. The molecule has 12 heavy (non-hydrogen) atoms. The van der Waals surface area contributed by atoms with Crippen molar-refractivity contribution in [2.24, 2.45) is 0 Å². The van der Waals surface area contributed by atoms with Crippen molar-refractivity contribution in [3.05, 3.63) is 28.5 Å². The molecule has 0 radical (unpaired) electrons. The van der Waals surface area contributed by atoms with Gasteiger partial charge in [-0.05, 0) is 34.1 Å². The molecule has 1 N–H and O–H groups in total. The molecule has 0 atom stereocenters. The second kappa shape index (κ2) is 4.42. The van der Waals surface area contributed by atoms with Gasteiger partial charge in [-0.1, -0.05) is 0 Å². The summed E-state index contributed by atoms with van der Waals surface area (Å²) < 4.78 is 18.1. The average molecular weight is 235 g/mol. The fourth-order valence-electron chi connectivity index (χ4n) is 0.730. The van der Waals surface area contributed by atoms with Crippen molar-refractivity contribution in [2.45, 2.75) is 0 Å². The van der Waals surface area contributed by atoms with Gasteiger partial charge in [0.2, 0.25) is 0 Å². The van der Waals surface area contributed by atoms with E-state index in [0.717, 1.165) is 0 Å². The molecule has 0 bridgehead atoms. The first-order chi connectivity index (χ1) is 5.74. The number of hydrogen-bond donors (Lipinski definition) is 1. The fraction of sp³-hybridized carbons (Fsp3) is 0.250. The summed E-state index contributed by atoms with van der Waals surface area (Å²) in [5, 5.41) is 8.44. The topological polar surface area (TPSA) is 29.5 Å². The lowest BCUT2D eigenvalue weighted by atomic mass is 10.3. The molecule has 2 nitrogen and oxygen atoms in total. The molecular weight excluding hydrogens is 227 g/mol. The van der Waals surface area contributed by atoms with Gasteiger partial charge in [-0.15, -0.1) is 0 Å². The zero-order valence-electron chi connectivity index (χ0n) is 6.26. The lowest BCUT2D eigenvalue weighted by Gasteiger charge is -2.03. The maximum absolute atomic E-state index is 12.7. The second-order valence-electron chi connectivity index (χ2n) is 2.15. The van der Waals surface area contributed by atoms with Crippen LogP contribution in [0.2, 0.25) is 0 Å². The molecule has 1 aromatic carbocycles. The van der Waals surface area contributed by atoms with E-state index >= 15 is 0 Å². The fourth-order valence-corrected chi connectivity index (χ4v) is 1.09. The molecule has 0 aliphatic carbocycles. The highest BCUT2D eigenvalue weighted by atomic mass is 79.9. The van der Waals surface area contributed by atoms with Gasteiger partial charge in [-0.3, -0.25) is 0 Å². The van der Waals surface area contributed by atoms with E-state index in [1.54, 1.807) is 0 Å². The van der Waals surface area contributed by atoms with Crippen molar-refractivity contribution >= 4 is 15.9 Å². The van der Waals surface area contributed by atoms with E-state index in [9.17, 15) is 4.39 Å². The molecular formula is C8H8BrFO2. The van der Waals surface area contributed by atoms with Gasteiger partial charge in [-0.2, -0.15) is 0 Å². The largest absolute Gasteiger partial charge is 0.491 e. The Bertz CT molecular complexity index is 265. The minimum Gasteiger partial charge on any atom is -0.491 e. The van der Waals surface area contributed by atoms with Gasteiger partial charge >= 0.3 is 0 Å². The summed E-state index contributed by atoms with van der Waals surface area (Å²) in [6.45, 7) is 0.174. The zero-order valence-corrected chi connectivity index (χ0v) is 7.84. The average Bonchev–Trinajstić information content (AvgIpc) is 2.07. The summed E-state index contributed by atoms with van der Waals surface area (Å²) in [6, 6.07) is 4.33. The van der Waals surface area contributed by atoms with Crippen LogP contribution in [-0.2, 0) is 0 Å². The SMILES string of the molecule is OCCOc1ccc(F)c(Br)c1. The van der Waals surface area contributed by atoms with Gasteiger partial charge in [0.05, 0.1) is 11.1 Å². The minimum absolute atomic E-state index is 0.0466. The van der Waals surface area contributed by atoms with Crippen molar-refractivity contribution in [3.63, 3.8) is 0 Å². The number of hydrogen-bond acceptors (Lipinski definition) is 2. The summed E-state index contributed by atoms with van der Waals surface area (Å²) in [5.41, 5.74) is 0. The maximum Gasteiger partial charge on any atom is 0.137 e. The highest BCUT2D eigenvalue weighted by Gasteiger charge is 1.99. The Hall–Kier alpha value is -0.610. The lowest BCUT2D eigenvalue weighted by Crippen LogP contribution is -2.01. The monoisotopic (exact) mass is 234 g/mol. The van der Waals surface area contributed by atoms with Gasteiger partial charge in [0.15, 0.2) is 0 Å². The van der Waals surface area contributed by atoms with Crippen molar-refractivity contribution in [1.82, 2.24) is 0 Å². The molecule has 1 rings (SSSR count). The van der Waals surface area contributed by atoms with E-state index in [-0.39, 0.29) is 19.0 Å². The Labute approximate surface area is 78.1 Å². The lowest BCUT2D eigenvalue weighted by molar-refractivity contribution is 0.201. The number of rotatable bonds is 3. The standard InChI is InChI=1S/C8H8BrFO2/c9-7-5-6(12-4-3-11)1-2-8(7)10/h1-2,5,11H,3-4H2. The number of aliphatic hydroxyl groups excluding tert-OH is 1. The zero-order chi connectivity index (χ0) is 8.97. The van der Waals surface area contributed by atoms with Crippen LogP contribution in [0.4, 0.5) is 4.39 Å². The number of ether oxygens (including phenoxy) is 1. The third kappa shape index (κ3) is 2.46. The van der Waals surface area contributed by atoms with E-state index in [4.69, 9.17) is 9.84 Å². The third-order valence-electron chi connectivity index (χ3n) is 1.25. The predicted molar refractivity (Wildman–Crippen MR) is 46.7 cm³/mol. The van der Waals surface area contributed by atoms with Crippen LogP contribution in [-0.4, -0.2) is 18.3 Å².